The number of benzene rings is 1. The number of carbonyl (C=O) groups excluding carboxylic acids is 2. The van der Waals surface area contributed by atoms with Crippen LogP contribution in [0.5, 0.6) is 0 Å². The Morgan fingerprint density at radius 2 is 2.00 bits per heavy atom. The summed E-state index contributed by atoms with van der Waals surface area (Å²) in [5.41, 5.74) is 2.46. The summed E-state index contributed by atoms with van der Waals surface area (Å²) < 4.78 is 4.88. The van der Waals surface area contributed by atoms with E-state index in [2.05, 4.69) is 15.3 Å². The molecule has 0 radical (unpaired) electrons. The number of nitrogens with zero attached hydrogens (tertiary/aromatic N) is 2. The number of aryl methyl sites for hydroxylation is 2. The minimum atomic E-state index is -0.679. The third kappa shape index (κ3) is 4.38. The molecule has 0 aliphatic heterocycles. The standard InChI is InChI=1S/C15H15N3O3/c1-10-4-3-5-12(6-10)18-14(19)9-21-15(20)13-8-16-11(2)7-17-13/h3-8H,9H2,1-2H3,(H,18,19). The first-order valence-electron chi connectivity index (χ1n) is 6.37. The van der Waals surface area contributed by atoms with Crippen molar-refractivity contribution in [2.75, 3.05) is 11.9 Å². The van der Waals surface area contributed by atoms with Crippen LogP contribution in [-0.2, 0) is 9.53 Å². The number of aromatic nitrogens is 2. The largest absolute Gasteiger partial charge is 0.451 e. The van der Waals surface area contributed by atoms with Crippen LogP contribution in [0.3, 0.4) is 0 Å². The quantitative estimate of drug-likeness (QED) is 0.867. The number of esters is 1. The summed E-state index contributed by atoms with van der Waals surface area (Å²) in [4.78, 5) is 31.2. The lowest BCUT2D eigenvalue weighted by molar-refractivity contribution is -0.119. The van der Waals surface area contributed by atoms with Crippen LogP contribution in [0.1, 0.15) is 21.7 Å². The molecule has 21 heavy (non-hydrogen) atoms. The lowest BCUT2D eigenvalue weighted by Crippen LogP contribution is -2.21. The molecule has 1 amide bonds. The van der Waals surface area contributed by atoms with E-state index in [0.29, 0.717) is 11.4 Å². The van der Waals surface area contributed by atoms with E-state index in [-0.39, 0.29) is 12.3 Å². The van der Waals surface area contributed by atoms with Crippen LogP contribution in [0, 0.1) is 13.8 Å². The van der Waals surface area contributed by atoms with Crippen LogP contribution in [0.15, 0.2) is 36.7 Å². The molecule has 0 atom stereocenters. The minimum Gasteiger partial charge on any atom is -0.451 e. The Hall–Kier alpha value is -2.76. The van der Waals surface area contributed by atoms with E-state index in [0.717, 1.165) is 5.56 Å². The van der Waals surface area contributed by atoms with Crippen LogP contribution in [0.25, 0.3) is 0 Å². The van der Waals surface area contributed by atoms with Gasteiger partial charge in [-0.05, 0) is 31.5 Å². The molecule has 1 aromatic carbocycles. The normalized spacial score (nSPS) is 10.0. The highest BCUT2D eigenvalue weighted by Crippen LogP contribution is 2.09. The van der Waals surface area contributed by atoms with Gasteiger partial charge in [-0.3, -0.25) is 9.78 Å². The lowest BCUT2D eigenvalue weighted by Gasteiger charge is -2.06. The zero-order valence-electron chi connectivity index (χ0n) is 11.8. The van der Waals surface area contributed by atoms with Crippen LogP contribution in [0.4, 0.5) is 5.69 Å². The highest BCUT2D eigenvalue weighted by molar-refractivity contribution is 5.94. The predicted octanol–water partition coefficient (Wildman–Crippen LogP) is 1.89. The van der Waals surface area contributed by atoms with Crippen molar-refractivity contribution >= 4 is 17.6 Å². The van der Waals surface area contributed by atoms with Crippen molar-refractivity contribution in [3.8, 4) is 0 Å². The number of hydrogen-bond donors (Lipinski definition) is 1. The smallest absolute Gasteiger partial charge is 0.359 e. The average Bonchev–Trinajstić information content (AvgIpc) is 2.45. The molecule has 6 nitrogen and oxygen atoms in total. The van der Waals surface area contributed by atoms with Gasteiger partial charge in [0.15, 0.2) is 12.3 Å². The molecule has 0 saturated carbocycles. The van der Waals surface area contributed by atoms with Gasteiger partial charge in [0.05, 0.1) is 11.9 Å². The summed E-state index contributed by atoms with van der Waals surface area (Å²) >= 11 is 0. The fourth-order valence-electron chi connectivity index (χ4n) is 1.62. The van der Waals surface area contributed by atoms with E-state index in [1.807, 2.05) is 25.1 Å². The van der Waals surface area contributed by atoms with Gasteiger partial charge < -0.3 is 10.1 Å². The Kier molecular flexibility index (Phi) is 4.61. The van der Waals surface area contributed by atoms with Crippen molar-refractivity contribution in [2.45, 2.75) is 13.8 Å². The molecule has 0 spiro atoms. The summed E-state index contributed by atoms with van der Waals surface area (Å²) in [5.74, 6) is -1.09. The molecular weight excluding hydrogens is 270 g/mol. The van der Waals surface area contributed by atoms with Crippen LogP contribution in [0.2, 0.25) is 0 Å². The molecule has 2 rings (SSSR count). The second kappa shape index (κ2) is 6.60. The topological polar surface area (TPSA) is 81.2 Å². The number of ether oxygens (including phenoxy) is 1. The molecule has 108 valence electrons. The first kappa shape index (κ1) is 14.6. The Morgan fingerprint density at radius 1 is 1.19 bits per heavy atom. The summed E-state index contributed by atoms with van der Waals surface area (Å²) in [5, 5.41) is 2.65. The average molecular weight is 285 g/mol. The summed E-state index contributed by atoms with van der Waals surface area (Å²) in [6, 6.07) is 7.34. The fourth-order valence-corrected chi connectivity index (χ4v) is 1.62. The minimum absolute atomic E-state index is 0.0731. The SMILES string of the molecule is Cc1cccc(NC(=O)COC(=O)c2cnc(C)cn2)c1. The maximum atomic E-state index is 11.7. The molecule has 0 fully saturated rings. The molecule has 1 aromatic heterocycles. The van der Waals surface area contributed by atoms with Crippen molar-refractivity contribution in [3.63, 3.8) is 0 Å². The second-order valence-electron chi connectivity index (χ2n) is 4.54. The molecule has 1 heterocycles. The third-order valence-electron chi connectivity index (χ3n) is 2.63. The van der Waals surface area contributed by atoms with Crippen molar-refractivity contribution < 1.29 is 14.3 Å². The molecule has 2 aromatic rings. The van der Waals surface area contributed by atoms with Gasteiger partial charge in [-0.2, -0.15) is 0 Å². The number of nitrogens with one attached hydrogen (secondary N) is 1. The van der Waals surface area contributed by atoms with Gasteiger partial charge in [0.2, 0.25) is 0 Å². The van der Waals surface area contributed by atoms with Crippen LogP contribution in [-0.4, -0.2) is 28.5 Å². The van der Waals surface area contributed by atoms with Gasteiger partial charge in [0, 0.05) is 11.9 Å². The van der Waals surface area contributed by atoms with E-state index in [9.17, 15) is 9.59 Å². The Bertz CT molecular complexity index is 653. The van der Waals surface area contributed by atoms with Gasteiger partial charge in [-0.25, -0.2) is 9.78 Å². The van der Waals surface area contributed by atoms with Crippen molar-refractivity contribution in [1.82, 2.24) is 9.97 Å². The summed E-state index contributed by atoms with van der Waals surface area (Å²) in [6.45, 7) is 3.31. The number of hydrogen-bond acceptors (Lipinski definition) is 5. The van der Waals surface area contributed by atoms with E-state index in [1.165, 1.54) is 12.4 Å². The van der Waals surface area contributed by atoms with E-state index >= 15 is 0 Å². The number of rotatable bonds is 4. The summed E-state index contributed by atoms with van der Waals surface area (Å²) in [6.07, 6.45) is 2.78. The van der Waals surface area contributed by atoms with Gasteiger partial charge in [-0.15, -0.1) is 0 Å². The maximum Gasteiger partial charge on any atom is 0.359 e. The van der Waals surface area contributed by atoms with Gasteiger partial charge in [-0.1, -0.05) is 12.1 Å². The van der Waals surface area contributed by atoms with Crippen molar-refractivity contribution in [1.29, 1.82) is 0 Å². The molecular formula is C15H15N3O3. The van der Waals surface area contributed by atoms with E-state index in [1.54, 1.807) is 13.0 Å². The predicted molar refractivity (Wildman–Crippen MR) is 76.9 cm³/mol. The van der Waals surface area contributed by atoms with Crippen molar-refractivity contribution in [2.24, 2.45) is 0 Å². The van der Waals surface area contributed by atoms with Gasteiger partial charge in [0.25, 0.3) is 5.91 Å². The zero-order valence-corrected chi connectivity index (χ0v) is 11.8. The van der Waals surface area contributed by atoms with Gasteiger partial charge in [0.1, 0.15) is 0 Å². The maximum absolute atomic E-state index is 11.7. The highest BCUT2D eigenvalue weighted by Gasteiger charge is 2.12. The van der Waals surface area contributed by atoms with Crippen LogP contribution < -0.4 is 5.32 Å². The molecule has 0 bridgehead atoms. The first-order chi connectivity index (χ1) is 10.0. The van der Waals surface area contributed by atoms with Crippen LogP contribution >= 0.6 is 0 Å². The molecule has 0 unspecified atom stereocenters. The number of anilines is 1. The molecule has 0 aliphatic rings. The monoisotopic (exact) mass is 285 g/mol. The number of carbonyl (C=O) groups is 2. The molecule has 1 N–H and O–H groups in total. The number of amides is 1. The lowest BCUT2D eigenvalue weighted by atomic mass is 10.2. The third-order valence-corrected chi connectivity index (χ3v) is 2.63. The Labute approximate surface area is 122 Å². The Balaban J connectivity index is 1.86. The van der Waals surface area contributed by atoms with Gasteiger partial charge >= 0.3 is 5.97 Å². The van der Waals surface area contributed by atoms with Crippen molar-refractivity contribution in [3.05, 3.63) is 53.6 Å². The molecule has 6 heteroatoms. The fraction of sp³-hybridized carbons (Fsp3) is 0.200. The molecule has 0 aliphatic carbocycles. The highest BCUT2D eigenvalue weighted by atomic mass is 16.5. The Morgan fingerprint density at radius 3 is 2.67 bits per heavy atom. The first-order valence-corrected chi connectivity index (χ1v) is 6.37. The van der Waals surface area contributed by atoms with E-state index in [4.69, 9.17) is 4.74 Å². The zero-order chi connectivity index (χ0) is 15.2. The van der Waals surface area contributed by atoms with E-state index < -0.39 is 11.9 Å². The second-order valence-corrected chi connectivity index (χ2v) is 4.54. The summed E-state index contributed by atoms with van der Waals surface area (Å²) in [7, 11) is 0. The molecule has 0 saturated heterocycles.